The number of hydrogen-bond donors (Lipinski definition) is 0. The molecule has 11 heteroatoms. The standard InChI is InChI=1S/C27H23F4N3O2S2/c1-26(2)12-20-23(21(35)13-26)19(16-6-8-18(28)9-7-16)11-22(36)34(20)24-32-33-25(38-24)37-14-15-4-3-5-17(10-15)27(29,30)31/h3-10,19H,11-14H2,1-2H3. The number of thioether (sulfide) groups is 1. The first-order chi connectivity index (χ1) is 17.9. The number of alkyl halides is 3. The monoisotopic (exact) mass is 561 g/mol. The van der Waals surface area contributed by atoms with Gasteiger partial charge in [0.15, 0.2) is 10.1 Å². The van der Waals surface area contributed by atoms with Crippen LogP contribution in [0.5, 0.6) is 0 Å². The molecule has 1 aliphatic heterocycles. The lowest BCUT2D eigenvalue weighted by Crippen LogP contribution is -2.43. The molecule has 5 nitrogen and oxygen atoms in total. The summed E-state index contributed by atoms with van der Waals surface area (Å²) in [5, 5.41) is 8.69. The molecule has 2 heterocycles. The van der Waals surface area contributed by atoms with E-state index in [0.717, 1.165) is 23.5 Å². The number of amides is 1. The summed E-state index contributed by atoms with van der Waals surface area (Å²) in [6, 6.07) is 11.0. The molecular weight excluding hydrogens is 538 g/mol. The van der Waals surface area contributed by atoms with E-state index in [2.05, 4.69) is 10.2 Å². The second-order valence-electron chi connectivity index (χ2n) is 10.2. The van der Waals surface area contributed by atoms with Crippen molar-refractivity contribution in [2.24, 2.45) is 5.41 Å². The van der Waals surface area contributed by atoms with Crippen molar-refractivity contribution >= 4 is 39.9 Å². The first-order valence-electron chi connectivity index (χ1n) is 11.9. The summed E-state index contributed by atoms with van der Waals surface area (Å²) in [7, 11) is 0. The number of benzene rings is 2. The highest BCUT2D eigenvalue weighted by Crippen LogP contribution is 2.49. The maximum absolute atomic E-state index is 13.6. The van der Waals surface area contributed by atoms with E-state index in [1.54, 1.807) is 18.2 Å². The van der Waals surface area contributed by atoms with Gasteiger partial charge in [-0.05, 0) is 41.2 Å². The van der Waals surface area contributed by atoms with Gasteiger partial charge in [0.05, 0.1) is 5.56 Å². The van der Waals surface area contributed by atoms with Crippen molar-refractivity contribution in [3.05, 3.63) is 82.3 Å². The number of halogens is 4. The maximum atomic E-state index is 13.6. The number of allylic oxidation sites excluding steroid dienone is 2. The molecule has 0 saturated heterocycles. The van der Waals surface area contributed by atoms with Crippen molar-refractivity contribution in [2.45, 2.75) is 55.3 Å². The second-order valence-corrected chi connectivity index (χ2v) is 12.4. The number of nitrogens with zero attached hydrogens (tertiary/aromatic N) is 3. The molecule has 1 aromatic heterocycles. The molecule has 2 aliphatic rings. The highest BCUT2D eigenvalue weighted by Gasteiger charge is 2.45. The van der Waals surface area contributed by atoms with Crippen LogP contribution in [0, 0.1) is 11.2 Å². The summed E-state index contributed by atoms with van der Waals surface area (Å²) in [6.07, 6.45) is -3.58. The Morgan fingerprint density at radius 1 is 1.08 bits per heavy atom. The molecule has 198 valence electrons. The van der Waals surface area contributed by atoms with Crippen LogP contribution in [0.1, 0.15) is 55.7 Å². The normalized spacial score (nSPS) is 19.6. The molecule has 3 aromatic rings. The van der Waals surface area contributed by atoms with E-state index in [4.69, 9.17) is 0 Å². The fourth-order valence-electron chi connectivity index (χ4n) is 4.95. The summed E-state index contributed by atoms with van der Waals surface area (Å²) in [5.74, 6) is -0.910. The predicted octanol–water partition coefficient (Wildman–Crippen LogP) is 7.15. The minimum atomic E-state index is -4.42. The summed E-state index contributed by atoms with van der Waals surface area (Å²) >= 11 is 2.39. The number of rotatable bonds is 5. The van der Waals surface area contributed by atoms with Gasteiger partial charge in [0.25, 0.3) is 0 Å². The third-order valence-electron chi connectivity index (χ3n) is 6.62. The third kappa shape index (κ3) is 5.40. The number of anilines is 1. The van der Waals surface area contributed by atoms with Crippen molar-refractivity contribution in [3.8, 4) is 0 Å². The minimum Gasteiger partial charge on any atom is -0.294 e. The Kier molecular flexibility index (Phi) is 6.93. The molecule has 1 unspecified atom stereocenters. The zero-order valence-corrected chi connectivity index (χ0v) is 22.1. The first kappa shape index (κ1) is 26.6. The van der Waals surface area contributed by atoms with E-state index in [1.807, 2.05) is 13.8 Å². The maximum Gasteiger partial charge on any atom is 0.416 e. The molecule has 0 spiro atoms. The number of hydrogen-bond acceptors (Lipinski definition) is 6. The molecule has 0 saturated carbocycles. The van der Waals surface area contributed by atoms with Gasteiger partial charge in [-0.1, -0.05) is 67.3 Å². The van der Waals surface area contributed by atoms with Crippen LogP contribution in [0.2, 0.25) is 0 Å². The molecule has 2 aromatic carbocycles. The second kappa shape index (κ2) is 9.92. The van der Waals surface area contributed by atoms with E-state index in [1.165, 1.54) is 34.9 Å². The van der Waals surface area contributed by atoms with Crippen LogP contribution in [0.3, 0.4) is 0 Å². The van der Waals surface area contributed by atoms with Gasteiger partial charge in [-0.25, -0.2) is 4.39 Å². The van der Waals surface area contributed by atoms with Crippen molar-refractivity contribution < 1.29 is 27.2 Å². The number of aromatic nitrogens is 2. The molecule has 1 atom stereocenters. The lowest BCUT2D eigenvalue weighted by atomic mass is 9.69. The summed E-state index contributed by atoms with van der Waals surface area (Å²) in [6.45, 7) is 3.94. The molecule has 5 rings (SSSR count). The van der Waals surface area contributed by atoms with Crippen LogP contribution in [0.4, 0.5) is 22.7 Å². The lowest BCUT2D eigenvalue weighted by molar-refractivity contribution is -0.137. The summed E-state index contributed by atoms with van der Waals surface area (Å²) < 4.78 is 53.2. The Morgan fingerprint density at radius 2 is 1.82 bits per heavy atom. The number of Topliss-reactive ketones (excluding diaryl/α,β-unsaturated/α-hetero) is 1. The fraction of sp³-hybridized carbons (Fsp3) is 0.333. The van der Waals surface area contributed by atoms with Crippen molar-refractivity contribution in [3.63, 3.8) is 0 Å². The molecule has 1 amide bonds. The van der Waals surface area contributed by atoms with Crippen molar-refractivity contribution in [2.75, 3.05) is 4.90 Å². The van der Waals surface area contributed by atoms with Crippen molar-refractivity contribution in [1.82, 2.24) is 10.2 Å². The topological polar surface area (TPSA) is 63.2 Å². The van der Waals surface area contributed by atoms with Gasteiger partial charge in [0, 0.05) is 35.8 Å². The third-order valence-corrected chi connectivity index (χ3v) is 8.73. The molecule has 1 aliphatic carbocycles. The number of carbonyl (C=O) groups excluding carboxylic acids is 2. The van der Waals surface area contributed by atoms with Crippen LogP contribution in [0.25, 0.3) is 0 Å². The fourth-order valence-corrected chi connectivity index (χ4v) is 6.78. The van der Waals surface area contributed by atoms with Crippen LogP contribution < -0.4 is 4.90 Å². The van der Waals surface area contributed by atoms with Gasteiger partial charge in [-0.2, -0.15) is 13.2 Å². The SMILES string of the molecule is CC1(C)CC(=O)C2=C(C1)N(c1nnc(SCc3cccc(C(F)(F)F)c3)s1)C(=O)CC2c1ccc(F)cc1. The van der Waals surface area contributed by atoms with Gasteiger partial charge >= 0.3 is 6.18 Å². The van der Waals surface area contributed by atoms with E-state index in [9.17, 15) is 27.2 Å². The van der Waals surface area contributed by atoms with Gasteiger partial charge in [0.1, 0.15) is 5.82 Å². The molecule has 0 bridgehead atoms. The predicted molar refractivity (Wildman–Crippen MR) is 137 cm³/mol. The molecule has 0 radical (unpaired) electrons. The quantitative estimate of drug-likeness (QED) is 0.188. The zero-order valence-electron chi connectivity index (χ0n) is 20.5. The van der Waals surface area contributed by atoms with Crippen LogP contribution in [-0.4, -0.2) is 21.9 Å². The molecular formula is C27H23F4N3O2S2. The smallest absolute Gasteiger partial charge is 0.294 e. The van der Waals surface area contributed by atoms with Crippen LogP contribution >= 0.6 is 23.1 Å². The zero-order chi connectivity index (χ0) is 27.2. The minimum absolute atomic E-state index is 0.0307. The average Bonchev–Trinajstić information content (AvgIpc) is 3.30. The Balaban J connectivity index is 1.44. The average molecular weight is 562 g/mol. The first-order valence-corrected chi connectivity index (χ1v) is 13.7. The summed E-state index contributed by atoms with van der Waals surface area (Å²) in [4.78, 5) is 28.3. The van der Waals surface area contributed by atoms with E-state index >= 15 is 0 Å². The van der Waals surface area contributed by atoms with E-state index in [-0.39, 0.29) is 29.3 Å². The van der Waals surface area contributed by atoms with Crippen LogP contribution in [-0.2, 0) is 21.5 Å². The van der Waals surface area contributed by atoms with E-state index < -0.39 is 23.5 Å². The molecule has 0 fully saturated rings. The largest absolute Gasteiger partial charge is 0.416 e. The highest BCUT2D eigenvalue weighted by molar-refractivity contribution is 8.00. The van der Waals surface area contributed by atoms with Gasteiger partial charge in [-0.3, -0.25) is 14.5 Å². The Bertz CT molecular complexity index is 1430. The van der Waals surface area contributed by atoms with Crippen molar-refractivity contribution in [1.29, 1.82) is 0 Å². The Morgan fingerprint density at radius 3 is 2.53 bits per heavy atom. The van der Waals surface area contributed by atoms with Crippen LogP contribution in [0.15, 0.2) is 64.1 Å². The summed E-state index contributed by atoms with van der Waals surface area (Å²) in [5.41, 5.74) is 1.24. The molecule has 38 heavy (non-hydrogen) atoms. The van der Waals surface area contributed by atoms with Gasteiger partial charge < -0.3 is 0 Å². The van der Waals surface area contributed by atoms with E-state index in [0.29, 0.717) is 44.7 Å². The molecule has 0 N–H and O–H groups in total. The highest BCUT2D eigenvalue weighted by atomic mass is 32.2. The Hall–Kier alpha value is -3.05. The lowest BCUT2D eigenvalue weighted by Gasteiger charge is -2.41. The number of ketones is 1. The number of carbonyl (C=O) groups is 2. The Labute approximate surface area is 225 Å². The van der Waals surface area contributed by atoms with Gasteiger partial charge in [-0.15, -0.1) is 10.2 Å². The van der Waals surface area contributed by atoms with Gasteiger partial charge in [0.2, 0.25) is 11.0 Å².